The van der Waals surface area contributed by atoms with Gasteiger partial charge in [0.15, 0.2) is 23.0 Å². The molecule has 0 aromatic heterocycles. The molecule has 0 bridgehead atoms. The van der Waals surface area contributed by atoms with Crippen LogP contribution in [-0.4, -0.2) is 37.8 Å². The lowest BCUT2D eigenvalue weighted by Crippen LogP contribution is -2.39. The third-order valence-electron chi connectivity index (χ3n) is 6.95. The number of nitrogens with one attached hydrogen (secondary N) is 1. The van der Waals surface area contributed by atoms with Crippen LogP contribution in [0, 0.1) is 0 Å². The Labute approximate surface area is 215 Å². The highest BCUT2D eigenvalue weighted by molar-refractivity contribution is 5.87. The van der Waals surface area contributed by atoms with Crippen LogP contribution in [-0.2, 0) is 19.4 Å². The predicted octanol–water partition coefficient (Wildman–Crippen LogP) is 5.59. The molecule has 3 aliphatic heterocycles. The van der Waals surface area contributed by atoms with Crippen molar-refractivity contribution in [2.24, 2.45) is 0 Å². The highest BCUT2D eigenvalue weighted by Crippen LogP contribution is 2.46. The van der Waals surface area contributed by atoms with E-state index < -0.39 is 18.2 Å². The molecule has 3 heterocycles. The topological polar surface area (TPSA) is 78.5 Å². The van der Waals surface area contributed by atoms with Gasteiger partial charge in [-0.3, -0.25) is 10.2 Å². The summed E-state index contributed by atoms with van der Waals surface area (Å²) in [7, 11) is 1.50. The number of carbonyl (C=O) groups excluding carboxylic acids is 1. The van der Waals surface area contributed by atoms with E-state index in [0.717, 1.165) is 47.7 Å². The van der Waals surface area contributed by atoms with Crippen LogP contribution in [0.2, 0.25) is 0 Å². The Hall–Kier alpha value is -4.12. The van der Waals surface area contributed by atoms with Crippen LogP contribution in [0.4, 0.5) is 23.7 Å². The highest BCUT2D eigenvalue weighted by Gasteiger charge is 2.36. The Morgan fingerprint density at radius 1 is 1.05 bits per heavy atom. The average Bonchev–Trinajstić information content (AvgIpc) is 3.34. The second kappa shape index (κ2) is 9.32. The van der Waals surface area contributed by atoms with Crippen LogP contribution in [0.15, 0.2) is 48.5 Å². The lowest BCUT2D eigenvalue weighted by Gasteiger charge is -2.42. The Kier molecular flexibility index (Phi) is 5.94. The molecule has 1 N–H and O–H groups in total. The number of amides is 1. The zero-order chi connectivity index (χ0) is 26.4. The molecular formula is C27H23F3N2O6. The second-order valence-electron chi connectivity index (χ2n) is 9.17. The fourth-order valence-corrected chi connectivity index (χ4v) is 5.24. The molecule has 1 atom stereocenters. The molecule has 6 rings (SSSR count). The summed E-state index contributed by atoms with van der Waals surface area (Å²) in [6.45, 7) is 1.60. The van der Waals surface area contributed by atoms with Gasteiger partial charge in [0.1, 0.15) is 5.75 Å². The van der Waals surface area contributed by atoms with Gasteiger partial charge in [0.25, 0.3) is 0 Å². The molecule has 3 aromatic carbocycles. The molecule has 38 heavy (non-hydrogen) atoms. The summed E-state index contributed by atoms with van der Waals surface area (Å²) in [4.78, 5) is 15.1. The third kappa shape index (κ3) is 4.65. The van der Waals surface area contributed by atoms with Crippen LogP contribution < -0.4 is 29.0 Å². The van der Waals surface area contributed by atoms with Crippen LogP contribution in [0.1, 0.15) is 28.3 Å². The molecule has 3 aliphatic rings. The minimum atomic E-state index is -4.80. The van der Waals surface area contributed by atoms with E-state index in [1.165, 1.54) is 30.4 Å². The number of methoxy groups -OCH3 is 1. The maximum atomic E-state index is 12.8. The first-order valence-electron chi connectivity index (χ1n) is 12.0. The first-order chi connectivity index (χ1) is 18.3. The van der Waals surface area contributed by atoms with Crippen LogP contribution >= 0.6 is 0 Å². The van der Waals surface area contributed by atoms with E-state index in [1.807, 2.05) is 6.07 Å². The number of alkyl halides is 3. The molecule has 0 fully saturated rings. The van der Waals surface area contributed by atoms with Gasteiger partial charge >= 0.3 is 12.5 Å². The number of benzene rings is 3. The number of halogens is 3. The quantitative estimate of drug-likeness (QED) is 0.473. The van der Waals surface area contributed by atoms with Gasteiger partial charge in [-0.15, -0.1) is 13.2 Å². The van der Waals surface area contributed by atoms with E-state index in [-0.39, 0.29) is 18.5 Å². The van der Waals surface area contributed by atoms with E-state index >= 15 is 0 Å². The summed E-state index contributed by atoms with van der Waals surface area (Å²) in [5.41, 5.74) is 4.60. The summed E-state index contributed by atoms with van der Waals surface area (Å²) in [5.74, 6) is 1.87. The van der Waals surface area contributed by atoms with E-state index in [2.05, 4.69) is 27.1 Å². The Morgan fingerprint density at radius 3 is 2.55 bits per heavy atom. The number of ether oxygens (including phenoxy) is 5. The predicted molar refractivity (Wildman–Crippen MR) is 129 cm³/mol. The second-order valence-corrected chi connectivity index (χ2v) is 9.17. The minimum Gasteiger partial charge on any atom is -0.493 e. The first-order valence-corrected chi connectivity index (χ1v) is 12.0. The molecule has 198 valence electrons. The van der Waals surface area contributed by atoms with E-state index in [1.54, 1.807) is 6.07 Å². The van der Waals surface area contributed by atoms with Gasteiger partial charge in [-0.2, -0.15) is 0 Å². The summed E-state index contributed by atoms with van der Waals surface area (Å²) < 4.78 is 63.4. The average molecular weight is 528 g/mol. The van der Waals surface area contributed by atoms with Crippen LogP contribution in [0.3, 0.4) is 0 Å². The Bertz CT molecular complexity index is 1390. The number of fused-ring (bicyclic) bond motifs is 5. The van der Waals surface area contributed by atoms with Crippen molar-refractivity contribution in [1.82, 2.24) is 4.90 Å². The monoisotopic (exact) mass is 528 g/mol. The van der Waals surface area contributed by atoms with Crippen molar-refractivity contribution in [3.63, 3.8) is 0 Å². The summed E-state index contributed by atoms with van der Waals surface area (Å²) in [6, 6.07) is 12.8. The molecule has 1 unspecified atom stereocenters. The van der Waals surface area contributed by atoms with E-state index in [9.17, 15) is 18.0 Å². The van der Waals surface area contributed by atoms with Crippen molar-refractivity contribution in [3.8, 4) is 28.7 Å². The molecular weight excluding hydrogens is 505 g/mol. The van der Waals surface area contributed by atoms with Gasteiger partial charge < -0.3 is 23.7 Å². The first kappa shape index (κ1) is 24.2. The van der Waals surface area contributed by atoms with Crippen molar-refractivity contribution in [2.45, 2.75) is 31.8 Å². The molecule has 8 nitrogen and oxygen atoms in total. The molecule has 0 saturated heterocycles. The van der Waals surface area contributed by atoms with Gasteiger partial charge in [-0.1, -0.05) is 6.07 Å². The molecule has 11 heteroatoms. The van der Waals surface area contributed by atoms with Crippen molar-refractivity contribution in [1.29, 1.82) is 0 Å². The standard InChI is InChI=1S/C27H23F3N2O6/c1-34-22-7-2-15-10-21-19-12-24-23(35-14-36-24)11-16(19)8-9-32(21)13-20(15)25(22)37-26(33)31-17-3-5-18(6-4-17)38-27(28,29)30/h2-7,11-12,21H,8-10,13-14H2,1H3,(H,31,33). The zero-order valence-electron chi connectivity index (χ0n) is 20.3. The number of carbonyl (C=O) groups is 1. The summed E-state index contributed by atoms with van der Waals surface area (Å²) >= 11 is 0. The minimum absolute atomic E-state index is 0.147. The molecule has 0 spiro atoms. The fraction of sp³-hybridized carbons (Fsp3) is 0.296. The van der Waals surface area contributed by atoms with E-state index in [0.29, 0.717) is 24.5 Å². The smallest absolute Gasteiger partial charge is 0.493 e. The number of hydrogen-bond donors (Lipinski definition) is 1. The Balaban J connectivity index is 1.22. The van der Waals surface area contributed by atoms with Crippen LogP contribution in [0.25, 0.3) is 0 Å². The Morgan fingerprint density at radius 2 is 1.82 bits per heavy atom. The lowest BCUT2D eigenvalue weighted by molar-refractivity contribution is -0.274. The van der Waals surface area contributed by atoms with Crippen LogP contribution in [0.5, 0.6) is 28.7 Å². The van der Waals surface area contributed by atoms with Crippen molar-refractivity contribution < 1.29 is 41.7 Å². The van der Waals surface area contributed by atoms with Gasteiger partial charge in [0.05, 0.1) is 7.11 Å². The largest absolute Gasteiger partial charge is 0.573 e. The molecule has 3 aromatic rings. The molecule has 1 amide bonds. The fourth-order valence-electron chi connectivity index (χ4n) is 5.24. The number of nitrogens with zero attached hydrogens (tertiary/aromatic N) is 1. The molecule has 0 radical (unpaired) electrons. The lowest BCUT2D eigenvalue weighted by atomic mass is 9.83. The normalized spacial score (nSPS) is 17.6. The number of hydrogen-bond acceptors (Lipinski definition) is 7. The third-order valence-corrected chi connectivity index (χ3v) is 6.95. The highest BCUT2D eigenvalue weighted by atomic mass is 19.4. The SMILES string of the molecule is COc1ccc2c(c1OC(=O)Nc1ccc(OC(F)(F)F)cc1)CN1CCc3cc4c(cc3C1C2)OCO4. The van der Waals surface area contributed by atoms with Crippen molar-refractivity contribution in [2.75, 3.05) is 25.8 Å². The number of anilines is 1. The maximum absolute atomic E-state index is 12.8. The molecule has 0 aliphatic carbocycles. The van der Waals surface area contributed by atoms with Gasteiger partial charge in [-0.05, 0) is 72.0 Å². The number of rotatable bonds is 4. The summed E-state index contributed by atoms with van der Waals surface area (Å²) in [5, 5.41) is 2.54. The zero-order valence-corrected chi connectivity index (χ0v) is 20.3. The van der Waals surface area contributed by atoms with Gasteiger partial charge in [0, 0.05) is 30.4 Å². The maximum Gasteiger partial charge on any atom is 0.573 e. The summed E-state index contributed by atoms with van der Waals surface area (Å²) in [6.07, 6.45) is -4.02. The van der Waals surface area contributed by atoms with Crippen molar-refractivity contribution >= 4 is 11.8 Å². The van der Waals surface area contributed by atoms with E-state index in [4.69, 9.17) is 18.9 Å². The van der Waals surface area contributed by atoms with Gasteiger partial charge in [0.2, 0.25) is 6.79 Å². The molecule has 0 saturated carbocycles. The van der Waals surface area contributed by atoms with Gasteiger partial charge in [-0.25, -0.2) is 4.79 Å². The van der Waals surface area contributed by atoms with Crippen molar-refractivity contribution in [3.05, 3.63) is 70.8 Å².